The summed E-state index contributed by atoms with van der Waals surface area (Å²) in [5.74, 6) is -0.935. The lowest BCUT2D eigenvalue weighted by molar-refractivity contribution is -0.132. The number of carbonyl (C=O) groups is 1. The summed E-state index contributed by atoms with van der Waals surface area (Å²) in [5.41, 5.74) is 0.176. The third kappa shape index (κ3) is 16.3. The summed E-state index contributed by atoms with van der Waals surface area (Å²) >= 11 is 3.24. The Morgan fingerprint density at radius 3 is 2.00 bits per heavy atom. The summed E-state index contributed by atoms with van der Waals surface area (Å²) in [5, 5.41) is 17.1. The maximum Gasteiger partial charge on any atom is 0.330 e. The predicted molar refractivity (Wildman–Crippen MR) is 52.6 cm³/mol. The van der Waals surface area contributed by atoms with Crippen LogP contribution in [0.1, 0.15) is 19.8 Å². The van der Waals surface area contributed by atoms with Crippen molar-refractivity contribution in [2.45, 2.75) is 19.8 Å². The van der Waals surface area contributed by atoms with Crippen molar-refractivity contribution in [1.82, 2.24) is 0 Å². The molecular weight excluding hydrogens is 224 g/mol. The SMILES string of the molecule is C=C(C)C(=O)O.OCCCCBr. The predicted octanol–water partition coefficient (Wildman–Crippen LogP) is 1.80. The lowest BCUT2D eigenvalue weighted by Gasteiger charge is -1.84. The molecule has 0 aromatic rings. The summed E-state index contributed by atoms with van der Waals surface area (Å²) < 4.78 is 0. The fourth-order valence-electron chi connectivity index (χ4n) is 0.206. The van der Waals surface area contributed by atoms with E-state index in [2.05, 4.69) is 22.5 Å². The van der Waals surface area contributed by atoms with Gasteiger partial charge in [0.25, 0.3) is 0 Å². The van der Waals surface area contributed by atoms with E-state index in [-0.39, 0.29) is 5.57 Å². The quantitative estimate of drug-likeness (QED) is 0.446. The van der Waals surface area contributed by atoms with Gasteiger partial charge >= 0.3 is 5.97 Å². The molecule has 0 aliphatic rings. The molecule has 3 nitrogen and oxygen atoms in total. The van der Waals surface area contributed by atoms with E-state index < -0.39 is 5.97 Å². The number of aliphatic carboxylic acids is 1. The van der Waals surface area contributed by atoms with Crippen LogP contribution in [0.25, 0.3) is 0 Å². The summed E-state index contributed by atoms with van der Waals surface area (Å²) in [6.45, 7) is 4.93. The van der Waals surface area contributed by atoms with Crippen LogP contribution < -0.4 is 0 Å². The molecule has 4 heteroatoms. The van der Waals surface area contributed by atoms with Crippen molar-refractivity contribution < 1.29 is 15.0 Å². The molecule has 0 rings (SSSR count). The summed E-state index contributed by atoms with van der Waals surface area (Å²) in [6, 6.07) is 0. The second-order valence-corrected chi connectivity index (χ2v) is 3.00. The number of rotatable bonds is 4. The monoisotopic (exact) mass is 238 g/mol. The summed E-state index contributed by atoms with van der Waals surface area (Å²) in [6.07, 6.45) is 2.00. The first-order valence-electron chi connectivity index (χ1n) is 3.61. The van der Waals surface area contributed by atoms with Gasteiger partial charge in [0.15, 0.2) is 0 Å². The number of aliphatic hydroxyl groups is 1. The molecule has 0 fully saturated rings. The number of hydrogen-bond donors (Lipinski definition) is 2. The highest BCUT2D eigenvalue weighted by molar-refractivity contribution is 9.09. The average molecular weight is 239 g/mol. The highest BCUT2D eigenvalue weighted by Gasteiger charge is 1.90. The number of carboxylic acid groups (broad SMARTS) is 1. The van der Waals surface area contributed by atoms with Crippen LogP contribution >= 0.6 is 15.9 Å². The first-order chi connectivity index (χ1) is 5.56. The van der Waals surface area contributed by atoms with Gasteiger partial charge in [0, 0.05) is 17.5 Å². The zero-order chi connectivity index (χ0) is 9.98. The smallest absolute Gasteiger partial charge is 0.330 e. The molecule has 2 N–H and O–H groups in total. The van der Waals surface area contributed by atoms with E-state index in [1.807, 2.05) is 0 Å². The molecule has 0 heterocycles. The van der Waals surface area contributed by atoms with Crippen molar-refractivity contribution in [3.63, 3.8) is 0 Å². The van der Waals surface area contributed by atoms with Crippen LogP contribution in [-0.2, 0) is 4.79 Å². The minimum atomic E-state index is -0.935. The minimum Gasteiger partial charge on any atom is -0.478 e. The molecule has 72 valence electrons. The number of carboxylic acids is 1. The van der Waals surface area contributed by atoms with Gasteiger partial charge in [-0.1, -0.05) is 22.5 Å². The largest absolute Gasteiger partial charge is 0.478 e. The molecule has 0 aromatic carbocycles. The van der Waals surface area contributed by atoms with Crippen LogP contribution in [0.3, 0.4) is 0 Å². The topological polar surface area (TPSA) is 57.5 Å². The maximum atomic E-state index is 9.60. The van der Waals surface area contributed by atoms with E-state index in [0.29, 0.717) is 6.61 Å². The first kappa shape index (κ1) is 14.2. The van der Waals surface area contributed by atoms with Gasteiger partial charge in [-0.05, 0) is 19.8 Å². The molecular formula is C8H15BrO3. The van der Waals surface area contributed by atoms with Crippen molar-refractivity contribution in [2.24, 2.45) is 0 Å². The Labute approximate surface area is 81.2 Å². The second kappa shape index (κ2) is 10.7. The molecule has 0 saturated carbocycles. The maximum absolute atomic E-state index is 9.60. The molecule has 0 radical (unpaired) electrons. The Balaban J connectivity index is 0. The normalized spacial score (nSPS) is 8.25. The number of alkyl halides is 1. The van der Waals surface area contributed by atoms with Crippen molar-refractivity contribution in [1.29, 1.82) is 0 Å². The molecule has 0 aliphatic heterocycles. The molecule has 0 spiro atoms. The number of halogens is 1. The molecule has 0 aromatic heterocycles. The Bertz CT molecular complexity index is 118. The van der Waals surface area contributed by atoms with E-state index in [4.69, 9.17) is 10.2 Å². The zero-order valence-corrected chi connectivity index (χ0v) is 8.80. The van der Waals surface area contributed by atoms with Crippen LogP contribution in [0.4, 0.5) is 0 Å². The van der Waals surface area contributed by atoms with Crippen LogP contribution in [0, 0.1) is 0 Å². The number of hydrogen-bond acceptors (Lipinski definition) is 2. The highest BCUT2D eigenvalue weighted by Crippen LogP contribution is 1.90. The van der Waals surface area contributed by atoms with Gasteiger partial charge in [-0.25, -0.2) is 4.79 Å². The van der Waals surface area contributed by atoms with E-state index >= 15 is 0 Å². The van der Waals surface area contributed by atoms with E-state index in [9.17, 15) is 4.79 Å². The standard InChI is InChI=1S/C4H9BrO.C4H6O2/c5-3-1-2-4-6;1-3(2)4(5)6/h6H,1-4H2;1H2,2H3,(H,5,6). The van der Waals surface area contributed by atoms with Gasteiger partial charge in [0.2, 0.25) is 0 Å². The third-order valence-electron chi connectivity index (χ3n) is 0.907. The Hall–Kier alpha value is -0.350. The fourth-order valence-corrected chi connectivity index (χ4v) is 0.603. The van der Waals surface area contributed by atoms with Gasteiger partial charge < -0.3 is 10.2 Å². The van der Waals surface area contributed by atoms with Crippen molar-refractivity contribution in [2.75, 3.05) is 11.9 Å². The van der Waals surface area contributed by atoms with Crippen molar-refractivity contribution in [3.05, 3.63) is 12.2 Å². The van der Waals surface area contributed by atoms with Gasteiger partial charge in [-0.2, -0.15) is 0 Å². The molecule has 0 amide bonds. The number of unbranched alkanes of at least 4 members (excludes halogenated alkanes) is 1. The molecule has 0 atom stereocenters. The van der Waals surface area contributed by atoms with Crippen LogP contribution in [-0.4, -0.2) is 28.1 Å². The summed E-state index contributed by atoms with van der Waals surface area (Å²) in [4.78, 5) is 9.60. The van der Waals surface area contributed by atoms with Crippen LogP contribution in [0.2, 0.25) is 0 Å². The van der Waals surface area contributed by atoms with Gasteiger partial charge in [-0.3, -0.25) is 0 Å². The Morgan fingerprint density at radius 2 is 1.92 bits per heavy atom. The molecule has 0 aliphatic carbocycles. The van der Waals surface area contributed by atoms with Gasteiger partial charge in [0.05, 0.1) is 0 Å². The van der Waals surface area contributed by atoms with Gasteiger partial charge in [0.1, 0.15) is 0 Å². The van der Waals surface area contributed by atoms with Crippen LogP contribution in [0.5, 0.6) is 0 Å². The number of aliphatic hydroxyl groups excluding tert-OH is 1. The lowest BCUT2D eigenvalue weighted by atomic mass is 10.4. The van der Waals surface area contributed by atoms with Crippen molar-refractivity contribution >= 4 is 21.9 Å². The summed E-state index contributed by atoms with van der Waals surface area (Å²) in [7, 11) is 0. The minimum absolute atomic E-state index is 0.176. The van der Waals surface area contributed by atoms with Crippen LogP contribution in [0.15, 0.2) is 12.2 Å². The highest BCUT2D eigenvalue weighted by atomic mass is 79.9. The molecule has 12 heavy (non-hydrogen) atoms. The van der Waals surface area contributed by atoms with Crippen molar-refractivity contribution in [3.8, 4) is 0 Å². The molecule has 0 bridgehead atoms. The first-order valence-corrected chi connectivity index (χ1v) is 4.74. The van der Waals surface area contributed by atoms with Gasteiger partial charge in [-0.15, -0.1) is 0 Å². The third-order valence-corrected chi connectivity index (χ3v) is 1.47. The second-order valence-electron chi connectivity index (χ2n) is 2.21. The van der Waals surface area contributed by atoms with E-state index in [1.54, 1.807) is 0 Å². The Morgan fingerprint density at radius 1 is 1.50 bits per heavy atom. The fraction of sp³-hybridized carbons (Fsp3) is 0.625. The zero-order valence-electron chi connectivity index (χ0n) is 7.22. The van der Waals surface area contributed by atoms with E-state index in [1.165, 1.54) is 6.92 Å². The Kier molecular flexibility index (Phi) is 12.6. The van der Waals surface area contributed by atoms with E-state index in [0.717, 1.165) is 18.2 Å². The average Bonchev–Trinajstić information content (AvgIpc) is 2.02. The lowest BCUT2D eigenvalue weighted by Crippen LogP contribution is -1.92. The molecule has 0 unspecified atom stereocenters. The molecule has 0 saturated heterocycles.